The third-order valence-electron chi connectivity index (χ3n) is 3.28. The molecule has 0 spiro atoms. The Morgan fingerprint density at radius 2 is 2.05 bits per heavy atom. The minimum Gasteiger partial charge on any atom is -0.385 e. The third-order valence-corrected chi connectivity index (χ3v) is 3.28. The van der Waals surface area contributed by atoms with Crippen molar-refractivity contribution in [3.05, 3.63) is 47.5 Å². The molecule has 21 heavy (non-hydrogen) atoms. The summed E-state index contributed by atoms with van der Waals surface area (Å²) in [6.45, 7) is 3.44. The third kappa shape index (κ3) is 4.37. The van der Waals surface area contributed by atoms with E-state index in [4.69, 9.17) is 4.74 Å². The van der Waals surface area contributed by atoms with Crippen molar-refractivity contribution in [3.8, 4) is 0 Å². The number of methoxy groups -OCH3 is 1. The van der Waals surface area contributed by atoms with Crippen molar-refractivity contribution >= 4 is 0 Å². The number of ether oxygens (including phenoxy) is 1. The summed E-state index contributed by atoms with van der Waals surface area (Å²) in [4.78, 5) is 4.48. The summed E-state index contributed by atoms with van der Waals surface area (Å²) in [6, 6.07) is 9.94. The van der Waals surface area contributed by atoms with Crippen LogP contribution in [0.2, 0.25) is 0 Å². The van der Waals surface area contributed by atoms with Gasteiger partial charge in [-0.25, -0.2) is 9.67 Å². The van der Waals surface area contributed by atoms with Gasteiger partial charge in [0.25, 0.3) is 0 Å². The van der Waals surface area contributed by atoms with E-state index in [0.29, 0.717) is 25.3 Å². The van der Waals surface area contributed by atoms with E-state index < -0.39 is 6.10 Å². The highest BCUT2D eigenvalue weighted by atomic mass is 16.5. The molecule has 0 saturated carbocycles. The summed E-state index contributed by atoms with van der Waals surface area (Å²) in [5.74, 6) is 1.37. The molecule has 0 amide bonds. The van der Waals surface area contributed by atoms with Gasteiger partial charge in [0, 0.05) is 26.5 Å². The van der Waals surface area contributed by atoms with Crippen molar-refractivity contribution in [1.82, 2.24) is 14.8 Å². The lowest BCUT2D eigenvalue weighted by atomic mass is 10.1. The van der Waals surface area contributed by atoms with Gasteiger partial charge in [0.1, 0.15) is 6.10 Å². The van der Waals surface area contributed by atoms with Crippen molar-refractivity contribution < 1.29 is 9.84 Å². The number of aryl methyl sites for hydroxylation is 1. The number of benzene rings is 1. The molecular weight excluding hydrogens is 266 g/mol. The molecule has 114 valence electrons. The van der Waals surface area contributed by atoms with E-state index in [9.17, 15) is 5.11 Å². The Labute approximate surface area is 125 Å². The smallest absolute Gasteiger partial charge is 0.156 e. The van der Waals surface area contributed by atoms with E-state index in [-0.39, 0.29) is 0 Å². The van der Waals surface area contributed by atoms with Gasteiger partial charge < -0.3 is 9.84 Å². The number of nitrogens with zero attached hydrogens (tertiary/aromatic N) is 3. The number of aromatic nitrogens is 3. The van der Waals surface area contributed by atoms with E-state index in [1.54, 1.807) is 7.11 Å². The van der Waals surface area contributed by atoms with Crippen LogP contribution in [0, 0.1) is 0 Å². The lowest BCUT2D eigenvalue weighted by molar-refractivity contribution is 0.161. The van der Waals surface area contributed by atoms with Crippen LogP contribution in [0.4, 0.5) is 0 Å². The first-order valence-electron chi connectivity index (χ1n) is 7.39. The molecule has 0 radical (unpaired) electrons. The fourth-order valence-corrected chi connectivity index (χ4v) is 2.25. The van der Waals surface area contributed by atoms with Gasteiger partial charge in [-0.05, 0) is 12.0 Å². The van der Waals surface area contributed by atoms with Gasteiger partial charge in [0.2, 0.25) is 0 Å². The summed E-state index contributed by atoms with van der Waals surface area (Å²) >= 11 is 0. The quantitative estimate of drug-likeness (QED) is 0.809. The Balaban J connectivity index is 2.13. The molecule has 5 nitrogen and oxygen atoms in total. The minimum atomic E-state index is -0.636. The average molecular weight is 289 g/mol. The van der Waals surface area contributed by atoms with Crippen molar-refractivity contribution in [2.45, 2.75) is 38.8 Å². The molecule has 0 saturated heterocycles. The van der Waals surface area contributed by atoms with Crippen molar-refractivity contribution in [1.29, 1.82) is 0 Å². The fraction of sp³-hybridized carbons (Fsp3) is 0.500. The van der Waals surface area contributed by atoms with Crippen LogP contribution in [0.5, 0.6) is 0 Å². The van der Waals surface area contributed by atoms with Gasteiger partial charge in [0.05, 0.1) is 6.61 Å². The van der Waals surface area contributed by atoms with Gasteiger partial charge in [-0.3, -0.25) is 0 Å². The van der Waals surface area contributed by atoms with Crippen molar-refractivity contribution in [2.75, 3.05) is 13.7 Å². The molecule has 5 heteroatoms. The summed E-state index contributed by atoms with van der Waals surface area (Å²) in [5.41, 5.74) is 1.09. The number of hydrogen-bond donors (Lipinski definition) is 1. The predicted molar refractivity (Wildman–Crippen MR) is 81.0 cm³/mol. The number of rotatable bonds is 8. The lowest BCUT2D eigenvalue weighted by Gasteiger charge is -2.11. The second kappa shape index (κ2) is 7.90. The summed E-state index contributed by atoms with van der Waals surface area (Å²) in [5, 5.41) is 14.9. The van der Waals surface area contributed by atoms with Crippen LogP contribution in [0.25, 0.3) is 0 Å². The second-order valence-corrected chi connectivity index (χ2v) is 5.06. The maximum atomic E-state index is 10.5. The van der Waals surface area contributed by atoms with Crippen LogP contribution < -0.4 is 0 Å². The van der Waals surface area contributed by atoms with Crippen LogP contribution in [0.1, 0.15) is 36.7 Å². The molecule has 0 bridgehead atoms. The maximum Gasteiger partial charge on any atom is 0.156 e. The molecule has 0 fully saturated rings. The first-order chi connectivity index (χ1) is 10.2. The molecule has 1 aromatic carbocycles. The largest absolute Gasteiger partial charge is 0.385 e. The summed E-state index contributed by atoms with van der Waals surface area (Å²) in [7, 11) is 1.66. The molecule has 1 N–H and O–H groups in total. The Kier molecular flexibility index (Phi) is 5.90. The van der Waals surface area contributed by atoms with Gasteiger partial charge in [-0.15, -0.1) is 0 Å². The molecule has 1 atom stereocenters. The summed E-state index contributed by atoms with van der Waals surface area (Å²) < 4.78 is 6.88. The first kappa shape index (κ1) is 15.7. The number of aliphatic hydroxyl groups is 1. The Bertz CT molecular complexity index is 540. The zero-order valence-electron chi connectivity index (χ0n) is 12.7. The van der Waals surface area contributed by atoms with E-state index in [0.717, 1.165) is 24.4 Å². The van der Waals surface area contributed by atoms with Crippen LogP contribution in [-0.4, -0.2) is 33.6 Å². The normalized spacial score (nSPS) is 12.5. The fourth-order valence-electron chi connectivity index (χ4n) is 2.25. The highest BCUT2D eigenvalue weighted by molar-refractivity contribution is 5.16. The van der Waals surface area contributed by atoms with E-state index >= 15 is 0 Å². The molecule has 2 rings (SSSR count). The highest BCUT2D eigenvalue weighted by Crippen LogP contribution is 2.17. The monoisotopic (exact) mass is 289 g/mol. The number of aliphatic hydroxyl groups excluding tert-OH is 1. The van der Waals surface area contributed by atoms with Gasteiger partial charge in [-0.2, -0.15) is 5.10 Å². The van der Waals surface area contributed by atoms with Crippen LogP contribution >= 0.6 is 0 Å². The molecule has 2 aromatic rings. The molecule has 1 aromatic heterocycles. The Morgan fingerprint density at radius 1 is 1.29 bits per heavy atom. The predicted octanol–water partition coefficient (Wildman–Crippen LogP) is 2.15. The Morgan fingerprint density at radius 3 is 2.71 bits per heavy atom. The van der Waals surface area contributed by atoms with Crippen LogP contribution in [0.15, 0.2) is 30.3 Å². The first-order valence-corrected chi connectivity index (χ1v) is 7.39. The average Bonchev–Trinajstić information content (AvgIpc) is 2.90. The minimum absolute atomic E-state index is 0.549. The van der Waals surface area contributed by atoms with Gasteiger partial charge >= 0.3 is 0 Å². The Hall–Kier alpha value is -1.72. The molecule has 0 aliphatic carbocycles. The molecule has 1 heterocycles. The summed E-state index contributed by atoms with van der Waals surface area (Å²) in [6.07, 6.45) is 1.53. The zero-order chi connectivity index (χ0) is 15.1. The van der Waals surface area contributed by atoms with Gasteiger partial charge in [0.15, 0.2) is 11.6 Å². The molecule has 0 aliphatic rings. The maximum absolute atomic E-state index is 10.5. The molecule has 0 unspecified atom stereocenters. The van der Waals surface area contributed by atoms with Crippen molar-refractivity contribution in [2.24, 2.45) is 0 Å². The molecular formula is C16H23N3O2. The highest BCUT2D eigenvalue weighted by Gasteiger charge is 2.18. The van der Waals surface area contributed by atoms with Crippen molar-refractivity contribution in [3.63, 3.8) is 0 Å². The van der Waals surface area contributed by atoms with E-state index in [2.05, 4.69) is 17.0 Å². The van der Waals surface area contributed by atoms with E-state index in [1.807, 2.05) is 35.0 Å². The van der Waals surface area contributed by atoms with Gasteiger partial charge in [-0.1, -0.05) is 37.3 Å². The van der Waals surface area contributed by atoms with Crippen LogP contribution in [0.3, 0.4) is 0 Å². The second-order valence-electron chi connectivity index (χ2n) is 5.06. The topological polar surface area (TPSA) is 60.2 Å². The SMILES string of the molecule is CCCn1nc(CCOC)nc1[C@@H](O)Cc1ccccc1. The zero-order valence-corrected chi connectivity index (χ0v) is 12.7. The van der Waals surface area contributed by atoms with Crippen LogP contribution in [-0.2, 0) is 24.1 Å². The lowest BCUT2D eigenvalue weighted by Crippen LogP contribution is -2.12. The molecule has 0 aliphatic heterocycles. The number of hydrogen-bond acceptors (Lipinski definition) is 4. The standard InChI is InChI=1S/C16H23N3O2/c1-3-10-19-16(17-15(18-19)9-11-21-2)14(20)12-13-7-5-4-6-8-13/h4-8,14,20H,3,9-12H2,1-2H3/t14-/m0/s1. The van der Waals surface area contributed by atoms with E-state index in [1.165, 1.54) is 0 Å².